The van der Waals surface area contributed by atoms with Crippen molar-refractivity contribution >= 4 is 12.0 Å². The van der Waals surface area contributed by atoms with E-state index in [-0.39, 0.29) is 11.8 Å². The molecule has 16 heavy (non-hydrogen) atoms. The minimum absolute atomic E-state index is 0.0464. The van der Waals surface area contributed by atoms with Gasteiger partial charge in [-0.05, 0) is 36.6 Å². The Balaban J connectivity index is 2.35. The molecule has 2 rings (SSSR count). The van der Waals surface area contributed by atoms with E-state index in [4.69, 9.17) is 5.73 Å². The lowest BCUT2D eigenvalue weighted by atomic mass is 10.1. The van der Waals surface area contributed by atoms with E-state index in [1.165, 1.54) is 0 Å². The maximum atomic E-state index is 10.9. The molecule has 0 saturated carbocycles. The number of anilines is 1. The highest BCUT2D eigenvalue weighted by Crippen LogP contribution is 2.30. The zero-order chi connectivity index (χ0) is 11.5. The second-order valence-corrected chi connectivity index (χ2v) is 4.06. The van der Waals surface area contributed by atoms with Crippen LogP contribution in [0.25, 0.3) is 0 Å². The van der Waals surface area contributed by atoms with Crippen LogP contribution in [0.4, 0.5) is 5.69 Å². The number of carbonyl (C=O) groups excluding carboxylic acids is 1. The Hall–Kier alpha value is -1.55. The molecule has 1 fully saturated rings. The first-order valence-corrected chi connectivity index (χ1v) is 5.50. The third-order valence-electron chi connectivity index (χ3n) is 3.05. The van der Waals surface area contributed by atoms with Gasteiger partial charge in [0.25, 0.3) is 0 Å². The summed E-state index contributed by atoms with van der Waals surface area (Å²) in [5, 5.41) is 9.39. The number of phenols is 1. The molecule has 1 aromatic rings. The number of hydrogen-bond donors (Lipinski definition) is 2. The lowest BCUT2D eigenvalue weighted by Crippen LogP contribution is -2.31. The molecular weight excluding hydrogens is 204 g/mol. The van der Waals surface area contributed by atoms with E-state index in [0.29, 0.717) is 6.54 Å². The van der Waals surface area contributed by atoms with Crippen LogP contribution in [-0.2, 0) is 11.3 Å². The van der Waals surface area contributed by atoms with Crippen LogP contribution in [0.15, 0.2) is 18.2 Å². The van der Waals surface area contributed by atoms with Crippen LogP contribution in [0, 0.1) is 0 Å². The number of rotatable bonds is 3. The lowest BCUT2D eigenvalue weighted by molar-refractivity contribution is -0.108. The summed E-state index contributed by atoms with van der Waals surface area (Å²) >= 11 is 0. The summed E-state index contributed by atoms with van der Waals surface area (Å²) in [6, 6.07) is 5.08. The zero-order valence-electron chi connectivity index (χ0n) is 9.10. The maximum Gasteiger partial charge on any atom is 0.142 e. The lowest BCUT2D eigenvalue weighted by Gasteiger charge is -2.25. The molecule has 1 saturated heterocycles. The minimum atomic E-state index is -0.0464. The van der Waals surface area contributed by atoms with Gasteiger partial charge in [-0.3, -0.25) is 0 Å². The molecule has 1 aliphatic heterocycles. The maximum absolute atomic E-state index is 10.9. The standard InChI is InChI=1S/C12H16N2O2/c13-7-9-6-11(16)3-4-12(9)14-5-1-2-10(14)8-15/h3-4,6,8,10,16H,1-2,5,7,13H2. The number of nitrogens with two attached hydrogens (primary N) is 1. The van der Waals surface area contributed by atoms with Gasteiger partial charge in [-0.2, -0.15) is 0 Å². The van der Waals surface area contributed by atoms with E-state index in [0.717, 1.165) is 36.9 Å². The van der Waals surface area contributed by atoms with Gasteiger partial charge in [0.15, 0.2) is 0 Å². The number of benzene rings is 1. The van der Waals surface area contributed by atoms with Crippen LogP contribution in [-0.4, -0.2) is 24.0 Å². The van der Waals surface area contributed by atoms with Crippen molar-refractivity contribution in [2.24, 2.45) is 5.73 Å². The molecule has 3 N–H and O–H groups in total. The van der Waals surface area contributed by atoms with Crippen molar-refractivity contribution in [1.29, 1.82) is 0 Å². The minimum Gasteiger partial charge on any atom is -0.508 e. The first-order valence-electron chi connectivity index (χ1n) is 5.50. The summed E-state index contributed by atoms with van der Waals surface area (Å²) in [7, 11) is 0. The topological polar surface area (TPSA) is 66.6 Å². The van der Waals surface area contributed by atoms with Crippen molar-refractivity contribution in [2.75, 3.05) is 11.4 Å². The van der Waals surface area contributed by atoms with Crippen molar-refractivity contribution in [3.8, 4) is 5.75 Å². The number of aromatic hydroxyl groups is 1. The molecule has 86 valence electrons. The van der Waals surface area contributed by atoms with E-state index in [1.807, 2.05) is 6.07 Å². The van der Waals surface area contributed by atoms with Gasteiger partial charge < -0.3 is 20.5 Å². The fourth-order valence-corrected chi connectivity index (χ4v) is 2.25. The Labute approximate surface area is 94.7 Å². The molecule has 0 aliphatic carbocycles. The van der Waals surface area contributed by atoms with Crippen molar-refractivity contribution in [2.45, 2.75) is 25.4 Å². The summed E-state index contributed by atoms with van der Waals surface area (Å²) in [5.41, 5.74) is 7.50. The van der Waals surface area contributed by atoms with E-state index in [1.54, 1.807) is 12.1 Å². The Morgan fingerprint density at radius 1 is 1.56 bits per heavy atom. The monoisotopic (exact) mass is 220 g/mol. The van der Waals surface area contributed by atoms with Gasteiger partial charge in [0.2, 0.25) is 0 Å². The molecule has 0 radical (unpaired) electrons. The van der Waals surface area contributed by atoms with Crippen LogP contribution in [0.5, 0.6) is 5.75 Å². The second-order valence-electron chi connectivity index (χ2n) is 4.06. The summed E-state index contributed by atoms with van der Waals surface area (Å²) in [4.78, 5) is 13.0. The smallest absolute Gasteiger partial charge is 0.142 e. The van der Waals surface area contributed by atoms with Gasteiger partial charge in [-0.1, -0.05) is 0 Å². The highest BCUT2D eigenvalue weighted by Gasteiger charge is 2.25. The Kier molecular flexibility index (Phi) is 3.10. The van der Waals surface area contributed by atoms with Crippen LogP contribution >= 0.6 is 0 Å². The number of hydrogen-bond acceptors (Lipinski definition) is 4. The normalized spacial score (nSPS) is 20.1. The number of aldehydes is 1. The van der Waals surface area contributed by atoms with E-state index >= 15 is 0 Å². The Morgan fingerprint density at radius 3 is 3.06 bits per heavy atom. The molecule has 1 atom stereocenters. The molecule has 4 nitrogen and oxygen atoms in total. The van der Waals surface area contributed by atoms with Crippen molar-refractivity contribution in [3.63, 3.8) is 0 Å². The van der Waals surface area contributed by atoms with Crippen LogP contribution in [0.3, 0.4) is 0 Å². The van der Waals surface area contributed by atoms with E-state index < -0.39 is 0 Å². The van der Waals surface area contributed by atoms with Crippen molar-refractivity contribution < 1.29 is 9.90 Å². The molecule has 1 aromatic carbocycles. The fourth-order valence-electron chi connectivity index (χ4n) is 2.25. The first kappa shape index (κ1) is 11.0. The largest absolute Gasteiger partial charge is 0.508 e. The van der Waals surface area contributed by atoms with Gasteiger partial charge in [-0.15, -0.1) is 0 Å². The average molecular weight is 220 g/mol. The predicted molar refractivity (Wildman–Crippen MR) is 62.4 cm³/mol. The molecule has 0 aromatic heterocycles. The van der Waals surface area contributed by atoms with Gasteiger partial charge in [0, 0.05) is 18.8 Å². The summed E-state index contributed by atoms with van der Waals surface area (Å²) < 4.78 is 0. The van der Waals surface area contributed by atoms with E-state index in [2.05, 4.69) is 4.90 Å². The molecule has 0 bridgehead atoms. The number of nitrogens with zero attached hydrogens (tertiary/aromatic N) is 1. The average Bonchev–Trinajstić information content (AvgIpc) is 2.76. The van der Waals surface area contributed by atoms with Crippen LogP contribution in [0.2, 0.25) is 0 Å². The zero-order valence-corrected chi connectivity index (χ0v) is 9.10. The molecule has 1 heterocycles. The summed E-state index contributed by atoms with van der Waals surface area (Å²) in [6.45, 7) is 1.24. The molecule has 0 spiro atoms. The Morgan fingerprint density at radius 2 is 2.38 bits per heavy atom. The quantitative estimate of drug-likeness (QED) is 0.746. The summed E-state index contributed by atoms with van der Waals surface area (Å²) in [6.07, 6.45) is 2.91. The first-order chi connectivity index (χ1) is 7.76. The predicted octanol–water partition coefficient (Wildman–Crippen LogP) is 1.02. The third kappa shape index (κ3) is 1.88. The van der Waals surface area contributed by atoms with Crippen molar-refractivity contribution in [1.82, 2.24) is 0 Å². The van der Waals surface area contributed by atoms with Gasteiger partial charge in [-0.25, -0.2) is 0 Å². The third-order valence-corrected chi connectivity index (χ3v) is 3.05. The van der Waals surface area contributed by atoms with Crippen LogP contribution < -0.4 is 10.6 Å². The highest BCUT2D eigenvalue weighted by atomic mass is 16.3. The highest BCUT2D eigenvalue weighted by molar-refractivity contribution is 5.69. The van der Waals surface area contributed by atoms with Gasteiger partial charge in [0.05, 0.1) is 6.04 Å². The number of carbonyl (C=O) groups is 1. The molecular formula is C12H16N2O2. The molecule has 4 heteroatoms. The van der Waals surface area contributed by atoms with E-state index in [9.17, 15) is 9.90 Å². The van der Waals surface area contributed by atoms with Crippen molar-refractivity contribution in [3.05, 3.63) is 23.8 Å². The molecule has 1 unspecified atom stereocenters. The SMILES string of the molecule is NCc1cc(O)ccc1N1CCCC1C=O. The Bertz CT molecular complexity index is 393. The van der Waals surface area contributed by atoms with Gasteiger partial charge >= 0.3 is 0 Å². The number of phenolic OH excluding ortho intramolecular Hbond substituents is 1. The summed E-state index contributed by atoms with van der Waals surface area (Å²) in [5.74, 6) is 0.214. The molecule has 1 aliphatic rings. The molecule has 0 amide bonds. The van der Waals surface area contributed by atoms with Crippen LogP contribution in [0.1, 0.15) is 18.4 Å². The second kappa shape index (κ2) is 4.53. The fraction of sp³-hybridized carbons (Fsp3) is 0.417. The van der Waals surface area contributed by atoms with Gasteiger partial charge in [0.1, 0.15) is 12.0 Å².